The highest BCUT2D eigenvalue weighted by Gasteiger charge is 2.49. The Bertz CT molecular complexity index is 2130. The molecule has 0 N–H and O–H groups in total. The van der Waals surface area contributed by atoms with Gasteiger partial charge in [0.15, 0.2) is 81.4 Å². The predicted molar refractivity (Wildman–Crippen MR) is 133 cm³/mol. The number of halogens is 16. The lowest BCUT2D eigenvalue weighted by atomic mass is 9.99. The van der Waals surface area contributed by atoms with E-state index < -0.39 is 150 Å². The normalized spacial score (nSPS) is 12.7. The van der Waals surface area contributed by atoms with Crippen molar-refractivity contribution in [2.75, 3.05) is 6.16 Å². The smallest absolute Gasteiger partial charge is 0.200 e. The topological polar surface area (TPSA) is 17.1 Å². The average molecular weight is 716 g/mol. The largest absolute Gasteiger partial charge is 0.313 e. The van der Waals surface area contributed by atoms with Crippen LogP contribution in [0, 0.1) is 117 Å². The molecule has 0 spiro atoms. The first-order chi connectivity index (χ1) is 22.3. The Morgan fingerprint density at radius 1 is 0.354 bits per heavy atom. The van der Waals surface area contributed by atoms with Crippen LogP contribution in [0.2, 0.25) is 0 Å². The van der Waals surface area contributed by atoms with E-state index in [-0.39, 0.29) is 0 Å². The number of rotatable bonds is 1. The zero-order valence-corrected chi connectivity index (χ0v) is 23.5. The van der Waals surface area contributed by atoms with Crippen molar-refractivity contribution in [2.45, 2.75) is 6.92 Å². The van der Waals surface area contributed by atoms with E-state index in [0.29, 0.717) is 0 Å². The molecule has 1 aliphatic rings. The highest BCUT2D eigenvalue weighted by molar-refractivity contribution is 7.80. The molecule has 18 heteroatoms. The van der Waals surface area contributed by atoms with Gasteiger partial charge in [-0.25, -0.2) is 70.2 Å². The van der Waals surface area contributed by atoms with Crippen molar-refractivity contribution in [1.29, 1.82) is 0 Å². The Morgan fingerprint density at radius 2 is 0.562 bits per heavy atom. The summed E-state index contributed by atoms with van der Waals surface area (Å²) in [5.74, 6) is -34.9. The first-order valence-electron chi connectivity index (χ1n) is 12.4. The summed E-state index contributed by atoms with van der Waals surface area (Å²) in [6, 6.07) is 0. The molecule has 0 saturated heterocycles. The zero-order chi connectivity index (χ0) is 35.9. The SMILES string of the molecule is CCP1(=O)c2c(F)c(C#Cc3c(F)c(F)c(F)c(F)c3F)c(F)c(F)c2-c2c(F)c(F)c(C#Cc3c(F)c(F)c(F)c(F)c3F)c(F)c21. The van der Waals surface area contributed by atoms with Gasteiger partial charge in [-0.15, -0.1) is 0 Å². The monoisotopic (exact) mass is 716 g/mol. The van der Waals surface area contributed by atoms with Crippen LogP contribution in [0.4, 0.5) is 70.2 Å². The molecule has 0 saturated carbocycles. The minimum Gasteiger partial charge on any atom is -0.313 e. The summed E-state index contributed by atoms with van der Waals surface area (Å²) in [5, 5.41) is -3.13. The van der Waals surface area contributed by atoms with Crippen molar-refractivity contribution in [3.05, 3.63) is 115 Å². The maximum Gasteiger partial charge on any atom is 0.200 e. The van der Waals surface area contributed by atoms with E-state index in [1.165, 1.54) is 23.7 Å². The van der Waals surface area contributed by atoms with E-state index in [9.17, 15) is 48.5 Å². The van der Waals surface area contributed by atoms with Crippen molar-refractivity contribution < 1.29 is 74.8 Å². The van der Waals surface area contributed by atoms with Crippen LogP contribution in [0.1, 0.15) is 29.2 Å². The van der Waals surface area contributed by atoms with Gasteiger partial charge in [0.2, 0.25) is 11.6 Å². The first-order valence-corrected chi connectivity index (χ1v) is 14.3. The summed E-state index contributed by atoms with van der Waals surface area (Å²) in [6.45, 7) is 0.890. The van der Waals surface area contributed by atoms with E-state index in [4.69, 9.17) is 0 Å². The summed E-state index contributed by atoms with van der Waals surface area (Å²) < 4.78 is 244. The van der Waals surface area contributed by atoms with Gasteiger partial charge in [0.25, 0.3) is 0 Å². The summed E-state index contributed by atoms with van der Waals surface area (Å²) in [5.41, 5.74) is -11.0. The minimum absolute atomic E-state index is 0.890. The second kappa shape index (κ2) is 11.7. The summed E-state index contributed by atoms with van der Waals surface area (Å²) in [7, 11) is -5.16. The fraction of sp³-hybridized carbons (Fsp3) is 0.0667. The summed E-state index contributed by atoms with van der Waals surface area (Å²) in [4.78, 5) is 0. The lowest BCUT2D eigenvalue weighted by Crippen LogP contribution is -2.21. The minimum atomic E-state index is -5.16. The van der Waals surface area contributed by atoms with E-state index in [1.54, 1.807) is 0 Å². The van der Waals surface area contributed by atoms with Crippen LogP contribution in [-0.2, 0) is 4.57 Å². The van der Waals surface area contributed by atoms with Crippen LogP contribution in [0.3, 0.4) is 0 Å². The van der Waals surface area contributed by atoms with E-state index in [1.807, 2.05) is 0 Å². The highest BCUT2D eigenvalue weighted by atomic mass is 31.2. The lowest BCUT2D eigenvalue weighted by Gasteiger charge is -2.15. The molecular weight excluding hydrogens is 711 g/mol. The van der Waals surface area contributed by atoms with E-state index in [0.717, 1.165) is 6.92 Å². The number of hydrogen-bond acceptors (Lipinski definition) is 1. The molecule has 0 amide bonds. The zero-order valence-electron chi connectivity index (χ0n) is 22.6. The molecule has 248 valence electrons. The van der Waals surface area contributed by atoms with Gasteiger partial charge >= 0.3 is 0 Å². The van der Waals surface area contributed by atoms with Crippen molar-refractivity contribution in [3.8, 4) is 34.8 Å². The Hall–Kier alpha value is -4.89. The van der Waals surface area contributed by atoms with Crippen LogP contribution < -0.4 is 10.6 Å². The van der Waals surface area contributed by atoms with Gasteiger partial charge in [0, 0.05) is 17.3 Å². The Labute approximate surface area is 256 Å². The van der Waals surface area contributed by atoms with Crippen LogP contribution in [0.5, 0.6) is 0 Å². The second-order valence-electron chi connectivity index (χ2n) is 9.53. The molecule has 4 aromatic carbocycles. The van der Waals surface area contributed by atoms with Crippen molar-refractivity contribution in [2.24, 2.45) is 0 Å². The van der Waals surface area contributed by atoms with Crippen molar-refractivity contribution >= 4 is 17.8 Å². The van der Waals surface area contributed by atoms with Crippen LogP contribution >= 0.6 is 7.14 Å². The van der Waals surface area contributed by atoms with Crippen LogP contribution in [0.25, 0.3) is 11.1 Å². The Kier molecular flexibility index (Phi) is 8.37. The van der Waals surface area contributed by atoms with E-state index >= 15 is 26.3 Å². The molecule has 1 heterocycles. The molecule has 0 atom stereocenters. The second-order valence-corrected chi connectivity index (χ2v) is 12.5. The molecule has 0 fully saturated rings. The van der Waals surface area contributed by atoms with Gasteiger partial charge in [0.05, 0.1) is 10.6 Å². The predicted octanol–water partition coefficient (Wildman–Crippen LogP) is 8.03. The number of hydrogen-bond donors (Lipinski definition) is 0. The molecule has 0 bridgehead atoms. The lowest BCUT2D eigenvalue weighted by molar-refractivity contribution is 0.376. The van der Waals surface area contributed by atoms with Crippen molar-refractivity contribution in [1.82, 2.24) is 0 Å². The molecular formula is C30H5F16OP. The number of fused-ring (bicyclic) bond motifs is 3. The third kappa shape index (κ3) is 4.58. The van der Waals surface area contributed by atoms with Gasteiger partial charge in [-0.3, -0.25) is 0 Å². The van der Waals surface area contributed by atoms with Crippen LogP contribution in [-0.4, -0.2) is 6.16 Å². The Balaban J connectivity index is 1.80. The molecule has 5 rings (SSSR count). The number of benzene rings is 4. The third-order valence-corrected chi connectivity index (χ3v) is 10.2. The summed E-state index contributed by atoms with van der Waals surface area (Å²) in [6.07, 6.45) is -1.01. The Morgan fingerprint density at radius 3 is 0.812 bits per heavy atom. The third-order valence-electron chi connectivity index (χ3n) is 7.05. The van der Waals surface area contributed by atoms with Gasteiger partial charge in [0.1, 0.15) is 29.4 Å². The van der Waals surface area contributed by atoms with Crippen molar-refractivity contribution in [3.63, 3.8) is 0 Å². The van der Waals surface area contributed by atoms with Gasteiger partial charge in [-0.2, -0.15) is 0 Å². The molecule has 0 radical (unpaired) electrons. The first kappa shape index (κ1) is 34.4. The van der Waals surface area contributed by atoms with E-state index in [2.05, 4.69) is 0 Å². The molecule has 1 aliphatic heterocycles. The standard InChI is InChI=1S/C30H5F16OP/c1-2-48(47)29-11(21(39)13(31)9(19(29)37)5-3-7-15(33)23(41)27(45)24(42)16(7)34)12-22(40)14(32)10(20(38)30(12)48)6-4-8-17(35)25(43)28(46)26(44)18(8)36/h2H2,1H3. The molecule has 4 aromatic rings. The average Bonchev–Trinajstić information content (AvgIpc) is 3.35. The quantitative estimate of drug-likeness (QED) is 0.0642. The highest BCUT2D eigenvalue weighted by Crippen LogP contribution is 2.56. The fourth-order valence-electron chi connectivity index (χ4n) is 4.76. The van der Waals surface area contributed by atoms with Gasteiger partial charge in [-0.05, 0) is 0 Å². The fourth-order valence-corrected chi connectivity index (χ4v) is 7.61. The van der Waals surface area contributed by atoms with Crippen LogP contribution in [0.15, 0.2) is 0 Å². The molecule has 48 heavy (non-hydrogen) atoms. The molecule has 0 unspecified atom stereocenters. The van der Waals surface area contributed by atoms with Gasteiger partial charge < -0.3 is 4.57 Å². The van der Waals surface area contributed by atoms with Gasteiger partial charge in [-0.1, -0.05) is 30.6 Å². The molecule has 0 aromatic heterocycles. The molecule has 1 nitrogen and oxygen atoms in total. The maximum absolute atomic E-state index is 15.8. The maximum atomic E-state index is 15.8. The molecule has 0 aliphatic carbocycles. The summed E-state index contributed by atoms with van der Waals surface area (Å²) >= 11 is 0.